The van der Waals surface area contributed by atoms with Crippen molar-refractivity contribution in [3.8, 4) is 11.8 Å². The third kappa shape index (κ3) is 18.0. The second kappa shape index (κ2) is 19.0. The Kier molecular flexibility index (Phi) is 17.3. The number of hydrogen-bond donors (Lipinski definition) is 2. The SMILES string of the molecule is CCC=CCC(C=CC=CCC=CCC=CCC#CCCC(=O)O)OO. The lowest BCUT2D eigenvalue weighted by Crippen LogP contribution is -2.04. The lowest BCUT2D eigenvalue weighted by molar-refractivity contribution is -0.264. The van der Waals surface area contributed by atoms with Crippen LogP contribution in [-0.4, -0.2) is 22.4 Å². The van der Waals surface area contributed by atoms with Crippen LogP contribution in [0.25, 0.3) is 0 Å². The maximum atomic E-state index is 10.3. The predicted molar refractivity (Wildman–Crippen MR) is 107 cm³/mol. The molecule has 142 valence electrons. The number of allylic oxidation sites excluding steroid dienone is 8. The molecular weight excluding hydrogens is 328 g/mol. The molecule has 0 fully saturated rings. The summed E-state index contributed by atoms with van der Waals surface area (Å²) >= 11 is 0. The van der Waals surface area contributed by atoms with Gasteiger partial charge in [0.25, 0.3) is 0 Å². The Morgan fingerprint density at radius 1 is 1.00 bits per heavy atom. The quantitative estimate of drug-likeness (QED) is 0.151. The van der Waals surface area contributed by atoms with Gasteiger partial charge in [0.15, 0.2) is 0 Å². The summed E-state index contributed by atoms with van der Waals surface area (Å²) in [6.07, 6.45) is 24.1. The Bertz CT molecular complexity index is 556. The van der Waals surface area contributed by atoms with E-state index in [-0.39, 0.29) is 12.5 Å². The van der Waals surface area contributed by atoms with E-state index >= 15 is 0 Å². The summed E-state index contributed by atoms with van der Waals surface area (Å²) in [5, 5.41) is 17.3. The molecule has 0 aromatic heterocycles. The molecule has 0 aliphatic heterocycles. The molecule has 0 aliphatic rings. The summed E-state index contributed by atoms with van der Waals surface area (Å²) in [5.41, 5.74) is 0. The van der Waals surface area contributed by atoms with Gasteiger partial charge in [-0.3, -0.25) is 10.1 Å². The Balaban J connectivity index is 3.80. The molecule has 2 N–H and O–H groups in total. The number of carboxylic acid groups (broad SMARTS) is 1. The fourth-order valence-corrected chi connectivity index (χ4v) is 1.82. The van der Waals surface area contributed by atoms with Gasteiger partial charge in [-0.25, -0.2) is 4.89 Å². The second-order valence-electron chi connectivity index (χ2n) is 5.44. The van der Waals surface area contributed by atoms with Crippen molar-refractivity contribution in [3.63, 3.8) is 0 Å². The van der Waals surface area contributed by atoms with E-state index in [0.29, 0.717) is 19.3 Å². The largest absolute Gasteiger partial charge is 0.481 e. The molecular formula is C22H30O4. The van der Waals surface area contributed by atoms with Gasteiger partial charge in [0.2, 0.25) is 0 Å². The summed E-state index contributed by atoms with van der Waals surface area (Å²) in [7, 11) is 0. The van der Waals surface area contributed by atoms with Crippen LogP contribution in [0.3, 0.4) is 0 Å². The molecule has 4 nitrogen and oxygen atoms in total. The van der Waals surface area contributed by atoms with E-state index < -0.39 is 5.97 Å². The average Bonchev–Trinajstić information content (AvgIpc) is 2.63. The first-order valence-corrected chi connectivity index (χ1v) is 8.96. The highest BCUT2D eigenvalue weighted by Crippen LogP contribution is 2.01. The van der Waals surface area contributed by atoms with Crippen molar-refractivity contribution in [3.05, 3.63) is 60.8 Å². The fraction of sp³-hybridized carbons (Fsp3) is 0.409. The third-order valence-corrected chi connectivity index (χ3v) is 3.17. The maximum absolute atomic E-state index is 10.3. The Hall–Kier alpha value is -2.35. The first-order valence-electron chi connectivity index (χ1n) is 8.96. The van der Waals surface area contributed by atoms with Crippen LogP contribution in [0.15, 0.2) is 60.8 Å². The smallest absolute Gasteiger partial charge is 0.304 e. The molecule has 0 saturated carbocycles. The van der Waals surface area contributed by atoms with Gasteiger partial charge in [-0.05, 0) is 25.7 Å². The van der Waals surface area contributed by atoms with Gasteiger partial charge in [-0.2, -0.15) is 0 Å². The van der Waals surface area contributed by atoms with Crippen molar-refractivity contribution >= 4 is 5.97 Å². The minimum Gasteiger partial charge on any atom is -0.481 e. The molecule has 0 bridgehead atoms. The molecule has 26 heavy (non-hydrogen) atoms. The molecule has 0 saturated heterocycles. The van der Waals surface area contributed by atoms with Crippen molar-refractivity contribution < 1.29 is 20.0 Å². The zero-order valence-corrected chi connectivity index (χ0v) is 15.5. The van der Waals surface area contributed by atoms with Crippen molar-refractivity contribution in [2.45, 2.75) is 58.0 Å². The highest BCUT2D eigenvalue weighted by atomic mass is 17.1. The Morgan fingerprint density at radius 3 is 2.42 bits per heavy atom. The van der Waals surface area contributed by atoms with E-state index in [1.807, 2.05) is 48.6 Å². The van der Waals surface area contributed by atoms with Crippen LogP contribution in [0.4, 0.5) is 0 Å². The molecule has 0 heterocycles. The third-order valence-electron chi connectivity index (χ3n) is 3.17. The van der Waals surface area contributed by atoms with Gasteiger partial charge in [0, 0.05) is 12.8 Å². The summed E-state index contributed by atoms with van der Waals surface area (Å²) < 4.78 is 0. The van der Waals surface area contributed by atoms with E-state index in [1.54, 1.807) is 0 Å². The van der Waals surface area contributed by atoms with E-state index in [2.05, 4.69) is 35.8 Å². The molecule has 1 atom stereocenters. The van der Waals surface area contributed by atoms with Gasteiger partial charge in [0.05, 0.1) is 6.42 Å². The molecule has 0 aromatic carbocycles. The van der Waals surface area contributed by atoms with Gasteiger partial charge in [0.1, 0.15) is 6.10 Å². The first kappa shape index (κ1) is 23.6. The Labute approximate surface area is 157 Å². The molecule has 0 spiro atoms. The summed E-state index contributed by atoms with van der Waals surface area (Å²) in [5.74, 6) is 4.94. The topological polar surface area (TPSA) is 66.8 Å². The van der Waals surface area contributed by atoms with Crippen LogP contribution in [0.1, 0.15) is 51.9 Å². The predicted octanol–water partition coefficient (Wildman–Crippen LogP) is 5.46. The lowest BCUT2D eigenvalue weighted by Gasteiger charge is -2.03. The fourth-order valence-electron chi connectivity index (χ4n) is 1.82. The van der Waals surface area contributed by atoms with E-state index in [4.69, 9.17) is 10.4 Å². The molecule has 0 amide bonds. The second-order valence-corrected chi connectivity index (χ2v) is 5.44. The molecule has 0 aliphatic carbocycles. The van der Waals surface area contributed by atoms with Crippen LogP contribution in [0.5, 0.6) is 0 Å². The average molecular weight is 358 g/mol. The van der Waals surface area contributed by atoms with Gasteiger partial charge >= 0.3 is 5.97 Å². The maximum Gasteiger partial charge on any atom is 0.304 e. The molecule has 4 heteroatoms. The van der Waals surface area contributed by atoms with Gasteiger partial charge in [-0.1, -0.05) is 73.6 Å². The highest BCUT2D eigenvalue weighted by Gasteiger charge is 1.99. The summed E-state index contributed by atoms with van der Waals surface area (Å²) in [6, 6.07) is 0. The zero-order chi connectivity index (χ0) is 19.3. The molecule has 0 rings (SSSR count). The van der Waals surface area contributed by atoms with Crippen molar-refractivity contribution in [1.29, 1.82) is 0 Å². The van der Waals surface area contributed by atoms with Crippen LogP contribution >= 0.6 is 0 Å². The van der Waals surface area contributed by atoms with Crippen LogP contribution in [0, 0.1) is 11.8 Å². The number of hydrogen-bond acceptors (Lipinski definition) is 3. The summed E-state index contributed by atoms with van der Waals surface area (Å²) in [4.78, 5) is 14.7. The number of carbonyl (C=O) groups is 1. The summed E-state index contributed by atoms with van der Waals surface area (Å²) in [6.45, 7) is 2.06. The Morgan fingerprint density at radius 2 is 1.73 bits per heavy atom. The first-order chi connectivity index (χ1) is 12.7. The molecule has 0 aromatic rings. The highest BCUT2D eigenvalue weighted by molar-refractivity contribution is 5.66. The van der Waals surface area contributed by atoms with Crippen LogP contribution in [-0.2, 0) is 9.68 Å². The van der Waals surface area contributed by atoms with Crippen molar-refractivity contribution in [2.75, 3.05) is 0 Å². The van der Waals surface area contributed by atoms with E-state index in [1.165, 1.54) is 0 Å². The van der Waals surface area contributed by atoms with Crippen molar-refractivity contribution in [1.82, 2.24) is 0 Å². The number of aliphatic carboxylic acids is 1. The van der Waals surface area contributed by atoms with Gasteiger partial charge in [-0.15, -0.1) is 5.92 Å². The zero-order valence-electron chi connectivity index (χ0n) is 15.5. The molecule has 0 radical (unpaired) electrons. The minimum absolute atomic E-state index is 0.103. The monoisotopic (exact) mass is 358 g/mol. The minimum atomic E-state index is -0.810. The van der Waals surface area contributed by atoms with Gasteiger partial charge < -0.3 is 5.11 Å². The normalized spacial score (nSPS) is 13.3. The van der Waals surface area contributed by atoms with Crippen molar-refractivity contribution in [2.24, 2.45) is 0 Å². The van der Waals surface area contributed by atoms with E-state index in [9.17, 15) is 4.79 Å². The number of carboxylic acids is 1. The van der Waals surface area contributed by atoms with E-state index in [0.717, 1.165) is 19.3 Å². The number of rotatable bonds is 13. The standard InChI is InChI=1S/C22H30O4/c1-2-3-15-18-21(26-25)19-16-13-11-9-7-5-4-6-8-10-12-14-17-20-22(23)24/h3,5-8,11,13,15-16,19,21,25H,2,4,9-10,17-18,20H2,1H3,(H,23,24). The lowest BCUT2D eigenvalue weighted by atomic mass is 10.2. The molecule has 1 unspecified atom stereocenters. The van der Waals surface area contributed by atoms with Crippen LogP contribution in [0.2, 0.25) is 0 Å². The van der Waals surface area contributed by atoms with Crippen LogP contribution < -0.4 is 0 Å².